The molecule has 0 bridgehead atoms. The van der Waals surface area contributed by atoms with Gasteiger partial charge in [0.1, 0.15) is 6.61 Å². The maximum absolute atomic E-state index is 12.7. The molecule has 0 unspecified atom stereocenters. The Morgan fingerprint density at radius 3 is 2.33 bits per heavy atom. The van der Waals surface area contributed by atoms with Gasteiger partial charge >= 0.3 is 0 Å². The molecule has 0 aliphatic heterocycles. The Morgan fingerprint density at radius 2 is 1.77 bits per heavy atom. The number of aromatic nitrogens is 3. The molecule has 1 amide bonds. The maximum Gasteiger partial charge on any atom is 0.221 e. The van der Waals surface area contributed by atoms with Crippen LogP contribution in [0.1, 0.15) is 29.4 Å². The fraction of sp³-hybridized carbons (Fsp3) is 0.261. The van der Waals surface area contributed by atoms with Gasteiger partial charge in [-0.05, 0) is 11.1 Å². The zero-order valence-corrected chi connectivity index (χ0v) is 17.8. The van der Waals surface area contributed by atoms with Crippen LogP contribution in [0.3, 0.4) is 0 Å². The summed E-state index contributed by atoms with van der Waals surface area (Å²) in [5.41, 5.74) is 2.11. The number of methoxy groups -OCH3 is 1. The van der Waals surface area contributed by atoms with E-state index in [1.807, 2.05) is 65.2 Å². The Labute approximate surface area is 181 Å². The largest absolute Gasteiger partial charge is 0.377 e. The Morgan fingerprint density at radius 1 is 1.13 bits per heavy atom. The zero-order chi connectivity index (χ0) is 21.2. The lowest BCUT2D eigenvalue weighted by Crippen LogP contribution is -2.29. The van der Waals surface area contributed by atoms with Crippen LogP contribution < -0.4 is 5.32 Å². The van der Waals surface area contributed by atoms with E-state index in [0.29, 0.717) is 25.3 Å². The highest BCUT2D eigenvalue weighted by Crippen LogP contribution is 2.23. The zero-order valence-electron chi connectivity index (χ0n) is 17.0. The highest BCUT2D eigenvalue weighted by Gasteiger charge is 2.17. The van der Waals surface area contributed by atoms with Crippen LogP contribution in [0.25, 0.3) is 0 Å². The average Bonchev–Trinajstić information content (AvgIpc) is 3.15. The van der Waals surface area contributed by atoms with Gasteiger partial charge in [0.15, 0.2) is 11.0 Å². The summed E-state index contributed by atoms with van der Waals surface area (Å²) < 4.78 is 7.12. The van der Waals surface area contributed by atoms with Crippen molar-refractivity contribution in [2.24, 2.45) is 0 Å². The van der Waals surface area contributed by atoms with E-state index in [2.05, 4.69) is 22.1 Å². The monoisotopic (exact) mass is 422 g/mol. The summed E-state index contributed by atoms with van der Waals surface area (Å²) in [6, 6.07) is 19.8. The van der Waals surface area contributed by atoms with Gasteiger partial charge in [-0.1, -0.05) is 78.5 Å². The van der Waals surface area contributed by atoms with Crippen LogP contribution in [-0.2, 0) is 22.7 Å². The Balaban J connectivity index is 1.62. The highest BCUT2D eigenvalue weighted by atomic mass is 32.2. The van der Waals surface area contributed by atoms with Crippen LogP contribution in [0.15, 0.2) is 78.5 Å². The quantitative estimate of drug-likeness (QED) is 0.374. The topological polar surface area (TPSA) is 69.0 Å². The number of rotatable bonds is 11. The third-order valence-corrected chi connectivity index (χ3v) is 5.48. The van der Waals surface area contributed by atoms with Gasteiger partial charge in [0, 0.05) is 25.8 Å². The summed E-state index contributed by atoms with van der Waals surface area (Å²) in [4.78, 5) is 12.7. The van der Waals surface area contributed by atoms with Crippen LogP contribution in [-0.4, -0.2) is 33.5 Å². The van der Waals surface area contributed by atoms with Crippen molar-refractivity contribution in [2.45, 2.75) is 30.8 Å². The molecule has 0 radical (unpaired) electrons. The molecule has 1 N–H and O–H groups in total. The number of ether oxygens (including phenoxy) is 1. The van der Waals surface area contributed by atoms with Crippen molar-refractivity contribution in [3.05, 3.63) is 90.3 Å². The molecule has 0 saturated heterocycles. The third kappa shape index (κ3) is 5.81. The van der Waals surface area contributed by atoms with Crippen molar-refractivity contribution in [3.8, 4) is 0 Å². The molecule has 3 aromatic rings. The van der Waals surface area contributed by atoms with Crippen molar-refractivity contribution in [3.63, 3.8) is 0 Å². The summed E-state index contributed by atoms with van der Waals surface area (Å²) in [6.07, 6.45) is 2.17. The molecule has 2 aromatic carbocycles. The molecule has 1 heterocycles. The third-order valence-electron chi connectivity index (χ3n) is 4.51. The van der Waals surface area contributed by atoms with E-state index in [9.17, 15) is 4.79 Å². The Bertz CT molecular complexity index is 905. The predicted molar refractivity (Wildman–Crippen MR) is 119 cm³/mol. The summed E-state index contributed by atoms with van der Waals surface area (Å²) >= 11 is 1.51. The minimum Gasteiger partial charge on any atom is -0.377 e. The van der Waals surface area contributed by atoms with E-state index in [4.69, 9.17) is 4.74 Å². The van der Waals surface area contributed by atoms with Crippen LogP contribution in [0.5, 0.6) is 0 Å². The van der Waals surface area contributed by atoms with E-state index in [1.165, 1.54) is 11.8 Å². The van der Waals surface area contributed by atoms with Gasteiger partial charge in [-0.25, -0.2) is 0 Å². The number of allylic oxidation sites excluding steroid dienone is 1. The normalized spacial score (nSPS) is 10.9. The molecular formula is C23H26N4O2S. The number of benzene rings is 2. The van der Waals surface area contributed by atoms with E-state index in [1.54, 1.807) is 13.2 Å². The summed E-state index contributed by atoms with van der Waals surface area (Å²) in [6.45, 7) is 4.77. The SMILES string of the molecule is C=CCn1c(COC)nnc1SCCC(=O)NC(c1ccccc1)c1ccccc1. The van der Waals surface area contributed by atoms with Crippen LogP contribution in [0.4, 0.5) is 0 Å². The van der Waals surface area contributed by atoms with Crippen LogP contribution in [0, 0.1) is 0 Å². The van der Waals surface area contributed by atoms with Crippen molar-refractivity contribution in [1.29, 1.82) is 0 Å². The Hall–Kier alpha value is -2.90. The lowest BCUT2D eigenvalue weighted by molar-refractivity contribution is -0.121. The molecule has 7 heteroatoms. The number of amides is 1. The minimum atomic E-state index is -0.178. The molecule has 0 fully saturated rings. The minimum absolute atomic E-state index is 0.00731. The van der Waals surface area contributed by atoms with E-state index in [0.717, 1.165) is 22.1 Å². The molecule has 0 spiro atoms. The van der Waals surface area contributed by atoms with Crippen molar-refractivity contribution in [2.75, 3.05) is 12.9 Å². The van der Waals surface area contributed by atoms with Gasteiger partial charge < -0.3 is 14.6 Å². The smallest absolute Gasteiger partial charge is 0.221 e. The second-order valence-corrected chi connectivity index (χ2v) is 7.71. The number of hydrogen-bond acceptors (Lipinski definition) is 5. The van der Waals surface area contributed by atoms with Crippen molar-refractivity contribution in [1.82, 2.24) is 20.1 Å². The average molecular weight is 423 g/mol. The van der Waals surface area contributed by atoms with Crippen LogP contribution >= 0.6 is 11.8 Å². The molecule has 30 heavy (non-hydrogen) atoms. The molecule has 3 rings (SSSR count). The fourth-order valence-corrected chi connectivity index (χ4v) is 4.00. The highest BCUT2D eigenvalue weighted by molar-refractivity contribution is 7.99. The summed E-state index contributed by atoms with van der Waals surface area (Å²) in [5.74, 6) is 1.34. The Kier molecular flexibility index (Phi) is 8.23. The first-order valence-electron chi connectivity index (χ1n) is 9.77. The molecule has 6 nitrogen and oxygen atoms in total. The molecule has 156 valence electrons. The van der Waals surface area contributed by atoms with Gasteiger partial charge in [-0.15, -0.1) is 16.8 Å². The number of carbonyl (C=O) groups is 1. The van der Waals surface area contributed by atoms with Gasteiger partial charge in [0.05, 0.1) is 6.04 Å². The lowest BCUT2D eigenvalue weighted by atomic mass is 9.98. The lowest BCUT2D eigenvalue weighted by Gasteiger charge is -2.20. The van der Waals surface area contributed by atoms with Crippen molar-refractivity contribution >= 4 is 17.7 Å². The standard InChI is InChI=1S/C23H26N4O2S/c1-3-15-27-20(17-29-2)25-26-23(27)30-16-14-21(28)24-22(18-10-6-4-7-11-18)19-12-8-5-9-13-19/h3-13,22H,1,14-17H2,2H3,(H,24,28). The van der Waals surface area contributed by atoms with Crippen molar-refractivity contribution < 1.29 is 9.53 Å². The predicted octanol–water partition coefficient (Wildman–Crippen LogP) is 4.00. The van der Waals surface area contributed by atoms with Gasteiger partial charge in [-0.3, -0.25) is 4.79 Å². The van der Waals surface area contributed by atoms with Gasteiger partial charge in [0.25, 0.3) is 0 Å². The molecule has 1 aromatic heterocycles. The number of thioether (sulfide) groups is 1. The number of hydrogen-bond donors (Lipinski definition) is 1. The fourth-order valence-electron chi connectivity index (χ4n) is 3.09. The van der Waals surface area contributed by atoms with Crippen LogP contribution in [0.2, 0.25) is 0 Å². The maximum atomic E-state index is 12.7. The van der Waals surface area contributed by atoms with Gasteiger partial charge in [0.2, 0.25) is 5.91 Å². The summed E-state index contributed by atoms with van der Waals surface area (Å²) in [7, 11) is 1.62. The van der Waals surface area contributed by atoms with E-state index >= 15 is 0 Å². The molecule has 0 aliphatic rings. The summed E-state index contributed by atoms with van der Waals surface area (Å²) in [5, 5.41) is 12.3. The number of carbonyl (C=O) groups excluding carboxylic acids is 1. The first-order valence-corrected chi connectivity index (χ1v) is 10.8. The second kappa shape index (κ2) is 11.3. The molecule has 0 saturated carbocycles. The second-order valence-electron chi connectivity index (χ2n) is 6.65. The first-order chi connectivity index (χ1) is 14.7. The number of nitrogens with zero attached hydrogens (tertiary/aromatic N) is 3. The van der Waals surface area contributed by atoms with E-state index in [-0.39, 0.29) is 11.9 Å². The van der Waals surface area contributed by atoms with E-state index < -0.39 is 0 Å². The number of nitrogens with one attached hydrogen (secondary N) is 1. The van der Waals surface area contributed by atoms with Gasteiger partial charge in [-0.2, -0.15) is 0 Å². The molecule has 0 aliphatic carbocycles. The molecule has 0 atom stereocenters. The first kappa shape index (κ1) is 21.8. The molecular weight excluding hydrogens is 396 g/mol.